The zero-order valence-electron chi connectivity index (χ0n) is 16.1. The van der Waals surface area contributed by atoms with Gasteiger partial charge in [0.25, 0.3) is 0 Å². The monoisotopic (exact) mass is 416 g/mol. The molecule has 0 aliphatic carbocycles. The van der Waals surface area contributed by atoms with Crippen molar-refractivity contribution in [3.05, 3.63) is 52.9 Å². The number of rotatable bonds is 6. The molecule has 30 heavy (non-hydrogen) atoms. The number of phenolic OH excluding ortho intramolecular Hbond substituents is 3. The molecule has 3 rings (SSSR count). The molecule has 0 saturated carbocycles. The summed E-state index contributed by atoms with van der Waals surface area (Å²) in [6, 6.07) is 7.68. The summed E-state index contributed by atoms with van der Waals surface area (Å²) in [4.78, 5) is 22.5. The molecule has 0 bridgehead atoms. The van der Waals surface area contributed by atoms with Gasteiger partial charge in [-0.3, -0.25) is 9.59 Å². The first-order valence-corrected chi connectivity index (χ1v) is 9.20. The highest BCUT2D eigenvalue weighted by Crippen LogP contribution is 2.29. The molecular formula is C21H24N2O7. The summed E-state index contributed by atoms with van der Waals surface area (Å²) in [5, 5.41) is 36.7. The number of nitrogens with two attached hydrogens (primary N) is 2. The molecule has 8 N–H and O–H groups in total. The minimum absolute atomic E-state index is 0.00775. The highest BCUT2D eigenvalue weighted by molar-refractivity contribution is 5.88. The van der Waals surface area contributed by atoms with E-state index >= 15 is 0 Å². The average molecular weight is 416 g/mol. The van der Waals surface area contributed by atoms with Crippen molar-refractivity contribution in [2.45, 2.75) is 25.3 Å². The van der Waals surface area contributed by atoms with Crippen LogP contribution in [0.5, 0.6) is 17.2 Å². The number of fused-ring (bicyclic) bond motifs is 1. The Balaban J connectivity index is 0.000000274. The van der Waals surface area contributed by atoms with Crippen molar-refractivity contribution in [1.29, 1.82) is 0 Å². The van der Waals surface area contributed by atoms with Gasteiger partial charge in [-0.2, -0.15) is 0 Å². The lowest BCUT2D eigenvalue weighted by Crippen LogP contribution is -2.29. The van der Waals surface area contributed by atoms with Gasteiger partial charge in [0.2, 0.25) is 5.43 Å². The highest BCUT2D eigenvalue weighted by atomic mass is 16.4. The summed E-state index contributed by atoms with van der Waals surface area (Å²) in [5.74, 6) is -1.37. The van der Waals surface area contributed by atoms with Gasteiger partial charge in [-0.25, -0.2) is 0 Å². The van der Waals surface area contributed by atoms with Crippen LogP contribution >= 0.6 is 0 Å². The molecule has 0 radical (unpaired) electrons. The van der Waals surface area contributed by atoms with E-state index in [0.717, 1.165) is 18.9 Å². The number of carboxylic acid groups (broad SMARTS) is 1. The predicted octanol–water partition coefficient (Wildman–Crippen LogP) is 2.10. The Bertz CT molecular complexity index is 1060. The van der Waals surface area contributed by atoms with Crippen molar-refractivity contribution in [2.24, 2.45) is 11.5 Å². The second-order valence-corrected chi connectivity index (χ2v) is 6.59. The van der Waals surface area contributed by atoms with Gasteiger partial charge in [0.15, 0.2) is 0 Å². The van der Waals surface area contributed by atoms with Crippen LogP contribution in [0.25, 0.3) is 22.1 Å². The fraction of sp³-hybridized carbons (Fsp3) is 0.238. The number of benzene rings is 2. The predicted molar refractivity (Wildman–Crippen MR) is 111 cm³/mol. The largest absolute Gasteiger partial charge is 0.508 e. The van der Waals surface area contributed by atoms with Crippen LogP contribution in [0.15, 0.2) is 51.9 Å². The first kappa shape index (κ1) is 22.7. The van der Waals surface area contributed by atoms with E-state index in [9.17, 15) is 24.9 Å². The van der Waals surface area contributed by atoms with Crippen LogP contribution in [0.1, 0.15) is 19.3 Å². The molecule has 2 aromatic carbocycles. The Labute approximate surface area is 171 Å². The van der Waals surface area contributed by atoms with Crippen molar-refractivity contribution < 1.29 is 29.6 Å². The molecule has 0 aliphatic rings. The van der Waals surface area contributed by atoms with E-state index in [1.165, 1.54) is 24.5 Å². The van der Waals surface area contributed by atoms with E-state index in [1.54, 1.807) is 12.1 Å². The van der Waals surface area contributed by atoms with Gasteiger partial charge < -0.3 is 36.3 Å². The quantitative estimate of drug-likeness (QED) is 0.328. The van der Waals surface area contributed by atoms with E-state index in [4.69, 9.17) is 21.0 Å². The third-order valence-corrected chi connectivity index (χ3v) is 4.31. The molecule has 1 aromatic heterocycles. The van der Waals surface area contributed by atoms with Crippen molar-refractivity contribution >= 4 is 16.9 Å². The topological polar surface area (TPSA) is 180 Å². The lowest BCUT2D eigenvalue weighted by atomic mass is 10.0. The summed E-state index contributed by atoms with van der Waals surface area (Å²) in [7, 11) is 0. The molecule has 1 atom stereocenters. The second-order valence-electron chi connectivity index (χ2n) is 6.59. The molecule has 0 spiro atoms. The minimum atomic E-state index is -0.933. The number of aromatic hydroxyl groups is 3. The molecule has 0 unspecified atom stereocenters. The van der Waals surface area contributed by atoms with Crippen LogP contribution in [0, 0.1) is 0 Å². The number of carboxylic acids is 1. The van der Waals surface area contributed by atoms with Gasteiger partial charge in [0, 0.05) is 12.1 Å². The lowest BCUT2D eigenvalue weighted by molar-refractivity contribution is -0.138. The average Bonchev–Trinajstić information content (AvgIpc) is 2.69. The fourth-order valence-electron chi connectivity index (χ4n) is 2.69. The van der Waals surface area contributed by atoms with Crippen LogP contribution in [-0.2, 0) is 4.79 Å². The molecule has 3 aromatic rings. The normalized spacial score (nSPS) is 11.5. The van der Waals surface area contributed by atoms with Crippen molar-refractivity contribution in [2.75, 3.05) is 6.54 Å². The maximum absolute atomic E-state index is 12.4. The fourth-order valence-corrected chi connectivity index (χ4v) is 2.69. The van der Waals surface area contributed by atoms with Crippen molar-refractivity contribution in [3.63, 3.8) is 0 Å². The van der Waals surface area contributed by atoms with Gasteiger partial charge in [0.1, 0.15) is 40.5 Å². The maximum atomic E-state index is 12.4. The number of hydrogen-bond acceptors (Lipinski definition) is 8. The molecular weight excluding hydrogens is 392 g/mol. The third-order valence-electron chi connectivity index (χ3n) is 4.31. The number of hydrogen-bond donors (Lipinski definition) is 6. The zero-order chi connectivity index (χ0) is 22.3. The molecule has 9 nitrogen and oxygen atoms in total. The van der Waals surface area contributed by atoms with Gasteiger partial charge in [-0.05, 0) is 37.1 Å². The van der Waals surface area contributed by atoms with E-state index in [-0.39, 0.29) is 33.8 Å². The van der Waals surface area contributed by atoms with Crippen LogP contribution in [0.3, 0.4) is 0 Å². The third kappa shape index (κ3) is 5.72. The molecule has 160 valence electrons. The Morgan fingerprint density at radius 2 is 1.70 bits per heavy atom. The Hall–Kier alpha value is -3.56. The summed E-state index contributed by atoms with van der Waals surface area (Å²) >= 11 is 0. The molecule has 9 heteroatoms. The summed E-state index contributed by atoms with van der Waals surface area (Å²) in [5.41, 5.74) is 10.9. The molecule has 0 aliphatic heterocycles. The molecule has 1 heterocycles. The Morgan fingerprint density at radius 3 is 2.30 bits per heavy atom. The molecule has 0 saturated heterocycles. The summed E-state index contributed by atoms with van der Waals surface area (Å²) < 4.78 is 5.29. The summed E-state index contributed by atoms with van der Waals surface area (Å²) in [6.45, 7) is 0.604. The maximum Gasteiger partial charge on any atom is 0.320 e. The van der Waals surface area contributed by atoms with Gasteiger partial charge in [-0.1, -0.05) is 18.6 Å². The van der Waals surface area contributed by atoms with Crippen molar-refractivity contribution in [3.8, 4) is 28.4 Å². The first-order valence-electron chi connectivity index (χ1n) is 9.20. The van der Waals surface area contributed by atoms with Crippen LogP contribution < -0.4 is 16.9 Å². The number of aliphatic carboxylic acids is 1. The van der Waals surface area contributed by atoms with Crippen LogP contribution in [0.2, 0.25) is 0 Å². The number of carbonyl (C=O) groups is 1. The SMILES string of the molecule is NCCCC[C@H](N)C(=O)O.O=c1c(-c2ccc(O)cc2)coc2cc(O)cc(O)c12. The first-order chi connectivity index (χ1) is 14.2. The zero-order valence-corrected chi connectivity index (χ0v) is 16.1. The van der Waals surface area contributed by atoms with Gasteiger partial charge >= 0.3 is 5.97 Å². The Morgan fingerprint density at radius 1 is 1.03 bits per heavy atom. The van der Waals surface area contributed by atoms with Gasteiger partial charge in [-0.15, -0.1) is 0 Å². The lowest BCUT2D eigenvalue weighted by Gasteiger charge is -2.05. The van der Waals surface area contributed by atoms with Crippen LogP contribution in [-0.4, -0.2) is 39.0 Å². The molecule has 0 amide bonds. The second kappa shape index (κ2) is 10.3. The van der Waals surface area contributed by atoms with E-state index in [1.807, 2.05) is 0 Å². The van der Waals surface area contributed by atoms with Crippen molar-refractivity contribution in [1.82, 2.24) is 0 Å². The number of unbranched alkanes of at least 4 members (excludes halogenated alkanes) is 1. The smallest absolute Gasteiger partial charge is 0.320 e. The van der Waals surface area contributed by atoms with E-state index in [0.29, 0.717) is 18.5 Å². The highest BCUT2D eigenvalue weighted by Gasteiger charge is 2.13. The summed E-state index contributed by atoms with van der Waals surface area (Å²) in [6.07, 6.45) is 3.42. The van der Waals surface area contributed by atoms with Crippen LogP contribution in [0.4, 0.5) is 0 Å². The minimum Gasteiger partial charge on any atom is -0.508 e. The van der Waals surface area contributed by atoms with Gasteiger partial charge in [0.05, 0.1) is 5.56 Å². The molecule has 0 fully saturated rings. The Kier molecular flexibility index (Phi) is 7.79. The number of phenols is 3. The van der Waals surface area contributed by atoms with E-state index < -0.39 is 17.4 Å². The standard InChI is InChI=1S/C15H10O5.C6H14N2O2/c16-9-3-1-8(2-4-9)11-7-20-13-6-10(17)5-12(18)14(13)15(11)19;7-4-2-1-3-5(8)6(9)10/h1-7,16-18H;5H,1-4,7-8H2,(H,9,10)/t;5-/m.0/s1. The van der Waals surface area contributed by atoms with E-state index in [2.05, 4.69) is 0 Å².